The Morgan fingerprint density at radius 3 is 2.80 bits per heavy atom. The van der Waals surface area contributed by atoms with Crippen LogP contribution in [0.5, 0.6) is 0 Å². The molecule has 0 fully saturated rings. The van der Waals surface area contributed by atoms with E-state index in [1.165, 1.54) is 22.5 Å². The molecule has 0 spiro atoms. The van der Waals surface area contributed by atoms with Crippen molar-refractivity contribution in [1.82, 2.24) is 4.98 Å². The van der Waals surface area contributed by atoms with Crippen molar-refractivity contribution < 1.29 is 9.90 Å². The van der Waals surface area contributed by atoms with Crippen molar-refractivity contribution in [2.45, 2.75) is 38.5 Å². The van der Waals surface area contributed by atoms with E-state index < -0.39 is 5.97 Å². The highest BCUT2D eigenvalue weighted by atomic mass is 32.1. The predicted molar refractivity (Wildman–Crippen MR) is 79.7 cm³/mol. The normalized spacial score (nSPS) is 17.8. The molecular formula is C16H17NO2S. The Bertz CT molecular complexity index is 648. The number of nitrogens with zero attached hydrogens (tertiary/aromatic N) is 1. The number of rotatable bonds is 3. The van der Waals surface area contributed by atoms with Crippen LogP contribution in [-0.2, 0) is 19.3 Å². The third kappa shape index (κ3) is 2.36. The van der Waals surface area contributed by atoms with Crippen LogP contribution in [0.3, 0.4) is 0 Å². The molecule has 0 amide bonds. The van der Waals surface area contributed by atoms with Crippen molar-refractivity contribution >= 4 is 17.3 Å². The minimum Gasteiger partial charge on any atom is -0.477 e. The van der Waals surface area contributed by atoms with E-state index in [-0.39, 0.29) is 0 Å². The lowest BCUT2D eigenvalue weighted by atomic mass is 9.84. The molecule has 1 aliphatic rings. The number of aryl methyl sites for hydroxylation is 2. The lowest BCUT2D eigenvalue weighted by Crippen LogP contribution is -2.12. The van der Waals surface area contributed by atoms with Gasteiger partial charge in [0.25, 0.3) is 0 Å². The number of thiazole rings is 1. The zero-order chi connectivity index (χ0) is 14.1. The summed E-state index contributed by atoms with van der Waals surface area (Å²) in [6.07, 6.45) is 3.78. The van der Waals surface area contributed by atoms with Crippen LogP contribution in [-0.4, -0.2) is 16.1 Å². The standard InChI is InChI=1S/C16H17NO2S/c1-2-13-14(16(18)19)20-15(17-13)12-8-7-10-5-3-4-6-11(10)9-12/h3-6,12H,2,7-9H2,1H3,(H,18,19). The fourth-order valence-electron chi connectivity index (χ4n) is 2.86. The maximum Gasteiger partial charge on any atom is 0.347 e. The Balaban J connectivity index is 1.90. The van der Waals surface area contributed by atoms with E-state index in [0.717, 1.165) is 30.0 Å². The molecule has 0 bridgehead atoms. The summed E-state index contributed by atoms with van der Waals surface area (Å²) in [7, 11) is 0. The van der Waals surface area contributed by atoms with Crippen molar-refractivity contribution in [1.29, 1.82) is 0 Å². The first-order valence-electron chi connectivity index (χ1n) is 6.98. The molecule has 104 valence electrons. The SMILES string of the molecule is CCc1nc(C2CCc3ccccc3C2)sc1C(=O)O. The molecular weight excluding hydrogens is 270 g/mol. The van der Waals surface area contributed by atoms with Crippen LogP contribution in [0.2, 0.25) is 0 Å². The van der Waals surface area contributed by atoms with Crippen LogP contribution >= 0.6 is 11.3 Å². The minimum atomic E-state index is -0.846. The molecule has 1 aromatic carbocycles. The summed E-state index contributed by atoms with van der Waals surface area (Å²) in [6, 6.07) is 8.52. The van der Waals surface area contributed by atoms with Gasteiger partial charge in [0.2, 0.25) is 0 Å². The molecule has 0 saturated heterocycles. The van der Waals surface area contributed by atoms with Crippen LogP contribution < -0.4 is 0 Å². The van der Waals surface area contributed by atoms with Crippen molar-refractivity contribution in [2.75, 3.05) is 0 Å². The second-order valence-corrected chi connectivity index (χ2v) is 6.23. The molecule has 0 radical (unpaired) electrons. The van der Waals surface area contributed by atoms with Crippen LogP contribution in [0.1, 0.15) is 50.8 Å². The Hall–Kier alpha value is -1.68. The monoisotopic (exact) mass is 287 g/mol. The number of aromatic carboxylic acids is 1. The second kappa shape index (κ2) is 5.37. The van der Waals surface area contributed by atoms with Crippen LogP contribution in [0.15, 0.2) is 24.3 Å². The summed E-state index contributed by atoms with van der Waals surface area (Å²) >= 11 is 1.36. The van der Waals surface area contributed by atoms with Crippen molar-refractivity contribution in [3.05, 3.63) is 51.0 Å². The van der Waals surface area contributed by atoms with Gasteiger partial charge in [0.05, 0.1) is 10.7 Å². The van der Waals surface area contributed by atoms with Crippen molar-refractivity contribution in [3.8, 4) is 0 Å². The average Bonchev–Trinajstić information content (AvgIpc) is 2.91. The van der Waals surface area contributed by atoms with E-state index in [1.54, 1.807) is 0 Å². The van der Waals surface area contributed by atoms with Gasteiger partial charge >= 0.3 is 5.97 Å². The van der Waals surface area contributed by atoms with Gasteiger partial charge in [-0.05, 0) is 36.8 Å². The van der Waals surface area contributed by atoms with E-state index in [1.807, 2.05) is 6.92 Å². The zero-order valence-electron chi connectivity index (χ0n) is 11.4. The Kier molecular flexibility index (Phi) is 3.57. The quantitative estimate of drug-likeness (QED) is 0.937. The summed E-state index contributed by atoms with van der Waals surface area (Å²) in [6.45, 7) is 1.96. The fraction of sp³-hybridized carbons (Fsp3) is 0.375. The summed E-state index contributed by atoms with van der Waals surface area (Å²) in [5, 5.41) is 10.2. The lowest BCUT2D eigenvalue weighted by Gasteiger charge is -2.22. The Morgan fingerprint density at radius 1 is 1.40 bits per heavy atom. The van der Waals surface area contributed by atoms with Crippen molar-refractivity contribution in [2.24, 2.45) is 0 Å². The van der Waals surface area contributed by atoms with E-state index >= 15 is 0 Å². The van der Waals surface area contributed by atoms with Gasteiger partial charge in [-0.3, -0.25) is 0 Å². The minimum absolute atomic E-state index is 0.369. The molecule has 1 aromatic heterocycles. The molecule has 20 heavy (non-hydrogen) atoms. The molecule has 0 aliphatic heterocycles. The number of benzene rings is 1. The van der Waals surface area contributed by atoms with E-state index in [0.29, 0.717) is 17.2 Å². The molecule has 1 atom stereocenters. The van der Waals surface area contributed by atoms with Gasteiger partial charge in [-0.1, -0.05) is 31.2 Å². The molecule has 4 heteroatoms. The highest BCUT2D eigenvalue weighted by Crippen LogP contribution is 2.35. The second-order valence-electron chi connectivity index (χ2n) is 5.20. The zero-order valence-corrected chi connectivity index (χ0v) is 12.2. The smallest absolute Gasteiger partial charge is 0.347 e. The molecule has 3 rings (SSSR count). The molecule has 3 nitrogen and oxygen atoms in total. The summed E-state index contributed by atoms with van der Waals surface area (Å²) in [5.41, 5.74) is 3.54. The third-order valence-electron chi connectivity index (χ3n) is 3.94. The van der Waals surface area contributed by atoms with Gasteiger partial charge < -0.3 is 5.11 Å². The predicted octanol–water partition coefficient (Wildman–Crippen LogP) is 3.68. The summed E-state index contributed by atoms with van der Waals surface area (Å²) in [5.74, 6) is -0.477. The van der Waals surface area contributed by atoms with Gasteiger partial charge in [0, 0.05) is 5.92 Å². The van der Waals surface area contributed by atoms with E-state index in [4.69, 9.17) is 0 Å². The first-order valence-corrected chi connectivity index (χ1v) is 7.80. The average molecular weight is 287 g/mol. The number of aromatic nitrogens is 1. The number of carboxylic acid groups (broad SMARTS) is 1. The maximum atomic E-state index is 11.2. The molecule has 2 aromatic rings. The summed E-state index contributed by atoms with van der Waals surface area (Å²) in [4.78, 5) is 16.2. The number of hydrogen-bond acceptors (Lipinski definition) is 3. The maximum absolute atomic E-state index is 11.2. The molecule has 1 aliphatic carbocycles. The van der Waals surface area contributed by atoms with Gasteiger partial charge in [-0.15, -0.1) is 11.3 Å². The highest BCUT2D eigenvalue weighted by Gasteiger charge is 2.25. The Labute approximate surface area is 122 Å². The van der Waals surface area contributed by atoms with Gasteiger partial charge in [0.1, 0.15) is 4.88 Å². The fourth-order valence-corrected chi connectivity index (χ4v) is 3.99. The number of carbonyl (C=O) groups is 1. The summed E-state index contributed by atoms with van der Waals surface area (Å²) < 4.78 is 0. The molecule has 1 N–H and O–H groups in total. The number of hydrogen-bond donors (Lipinski definition) is 1. The molecule has 1 heterocycles. The Morgan fingerprint density at radius 2 is 2.15 bits per heavy atom. The largest absolute Gasteiger partial charge is 0.477 e. The lowest BCUT2D eigenvalue weighted by molar-refractivity contribution is 0.0701. The van der Waals surface area contributed by atoms with Gasteiger partial charge in [-0.2, -0.15) is 0 Å². The van der Waals surface area contributed by atoms with Crippen LogP contribution in [0, 0.1) is 0 Å². The molecule has 1 unspecified atom stereocenters. The number of carboxylic acids is 1. The van der Waals surface area contributed by atoms with E-state index in [9.17, 15) is 9.90 Å². The topological polar surface area (TPSA) is 50.2 Å². The van der Waals surface area contributed by atoms with Crippen LogP contribution in [0.4, 0.5) is 0 Å². The van der Waals surface area contributed by atoms with Crippen LogP contribution in [0.25, 0.3) is 0 Å². The van der Waals surface area contributed by atoms with Gasteiger partial charge in [0.15, 0.2) is 0 Å². The third-order valence-corrected chi connectivity index (χ3v) is 5.19. The highest BCUT2D eigenvalue weighted by molar-refractivity contribution is 7.13. The molecule has 0 saturated carbocycles. The number of fused-ring (bicyclic) bond motifs is 1. The van der Waals surface area contributed by atoms with E-state index in [2.05, 4.69) is 29.2 Å². The van der Waals surface area contributed by atoms with Gasteiger partial charge in [-0.25, -0.2) is 9.78 Å². The van der Waals surface area contributed by atoms with Crippen molar-refractivity contribution in [3.63, 3.8) is 0 Å². The first kappa shape index (κ1) is 13.3. The first-order chi connectivity index (χ1) is 9.69.